The summed E-state index contributed by atoms with van der Waals surface area (Å²) >= 11 is 9.95. The molecule has 0 heterocycles. The van der Waals surface area contributed by atoms with E-state index in [0.29, 0.717) is 22.7 Å². The largest absolute Gasteiger partial charge is 0.321 e. The molecule has 0 aliphatic carbocycles. The molecule has 1 N–H and O–H groups in total. The van der Waals surface area contributed by atoms with E-state index in [1.807, 2.05) is 36.4 Å². The van der Waals surface area contributed by atoms with E-state index in [2.05, 4.69) is 21.2 Å². The van der Waals surface area contributed by atoms with Crippen LogP contribution in [-0.4, -0.2) is 5.91 Å². The summed E-state index contributed by atoms with van der Waals surface area (Å²) in [6, 6.07) is 20.5. The first kappa shape index (κ1) is 20.8. The van der Waals surface area contributed by atoms with Crippen molar-refractivity contribution in [3.63, 3.8) is 0 Å². The molecule has 3 aromatic rings. The Morgan fingerprint density at radius 1 is 1.10 bits per heavy atom. The summed E-state index contributed by atoms with van der Waals surface area (Å²) in [6.45, 7) is 0. The van der Waals surface area contributed by atoms with Gasteiger partial charge in [0.15, 0.2) is 0 Å². The molecule has 0 aliphatic heterocycles. The Morgan fingerprint density at radius 3 is 2.48 bits per heavy atom. The van der Waals surface area contributed by atoms with E-state index >= 15 is 0 Å². The molecule has 29 heavy (non-hydrogen) atoms. The third-order valence-corrected chi connectivity index (χ3v) is 5.32. The molecule has 0 aromatic heterocycles. The summed E-state index contributed by atoms with van der Waals surface area (Å²) in [7, 11) is 0. The normalized spacial score (nSPS) is 11.0. The zero-order chi connectivity index (χ0) is 20.8. The number of hydrogen-bond donors (Lipinski definition) is 1. The summed E-state index contributed by atoms with van der Waals surface area (Å²) in [6.07, 6.45) is 2.12. The van der Waals surface area contributed by atoms with Gasteiger partial charge in [-0.05, 0) is 59.2 Å². The molecule has 0 unspecified atom stereocenters. The number of halogens is 3. The van der Waals surface area contributed by atoms with Gasteiger partial charge < -0.3 is 5.32 Å². The minimum absolute atomic E-state index is 0.0797. The van der Waals surface area contributed by atoms with E-state index in [-0.39, 0.29) is 5.57 Å². The molecule has 144 valence electrons. The van der Waals surface area contributed by atoms with Gasteiger partial charge in [-0.15, -0.1) is 0 Å². The Balaban J connectivity index is 1.78. The van der Waals surface area contributed by atoms with Crippen LogP contribution in [0.15, 0.2) is 76.8 Å². The van der Waals surface area contributed by atoms with Gasteiger partial charge in [0, 0.05) is 21.6 Å². The minimum Gasteiger partial charge on any atom is -0.321 e. The average molecular weight is 470 g/mol. The van der Waals surface area contributed by atoms with Crippen molar-refractivity contribution in [2.75, 3.05) is 5.32 Å². The highest BCUT2D eigenvalue weighted by Crippen LogP contribution is 2.25. The van der Waals surface area contributed by atoms with Crippen LogP contribution in [0.4, 0.5) is 10.1 Å². The standard InChI is InChI=1S/C23H15BrClFN2O/c24-21-4-2-1-3-16(21)13-17-6-5-15(12-22(17)25)11-18(14-27)23(29)28-20-9-7-19(26)8-10-20/h1-12H,13H2,(H,28,29)/b18-11+. The maximum atomic E-state index is 13.0. The van der Waals surface area contributed by atoms with Crippen LogP contribution in [0, 0.1) is 17.1 Å². The number of benzene rings is 3. The first-order chi connectivity index (χ1) is 14.0. The molecule has 0 aliphatic rings. The highest BCUT2D eigenvalue weighted by atomic mass is 79.9. The first-order valence-electron chi connectivity index (χ1n) is 8.67. The number of nitrogens with zero attached hydrogens (tertiary/aromatic N) is 1. The van der Waals surface area contributed by atoms with Crippen LogP contribution in [0.2, 0.25) is 5.02 Å². The molecule has 3 aromatic carbocycles. The second-order valence-electron chi connectivity index (χ2n) is 6.25. The summed E-state index contributed by atoms with van der Waals surface area (Å²) < 4.78 is 14.0. The molecule has 0 saturated heterocycles. The number of carbonyl (C=O) groups is 1. The van der Waals surface area contributed by atoms with Crippen molar-refractivity contribution < 1.29 is 9.18 Å². The Kier molecular flexibility index (Phi) is 6.82. The summed E-state index contributed by atoms with van der Waals surface area (Å²) in [5.74, 6) is -0.983. The van der Waals surface area contributed by atoms with Crippen LogP contribution >= 0.6 is 27.5 Å². The van der Waals surface area contributed by atoms with Crippen LogP contribution in [-0.2, 0) is 11.2 Å². The molecule has 0 saturated carbocycles. The van der Waals surface area contributed by atoms with Crippen LogP contribution in [0.25, 0.3) is 6.08 Å². The molecular weight excluding hydrogens is 455 g/mol. The second kappa shape index (κ2) is 9.51. The van der Waals surface area contributed by atoms with Crippen molar-refractivity contribution in [2.24, 2.45) is 0 Å². The number of anilines is 1. The van der Waals surface area contributed by atoms with Gasteiger partial charge in [-0.1, -0.05) is 57.9 Å². The maximum absolute atomic E-state index is 13.0. The lowest BCUT2D eigenvalue weighted by Crippen LogP contribution is -2.13. The number of nitrogens with one attached hydrogen (secondary N) is 1. The number of carbonyl (C=O) groups excluding carboxylic acids is 1. The molecule has 1 amide bonds. The minimum atomic E-state index is -0.576. The zero-order valence-corrected chi connectivity index (χ0v) is 17.5. The van der Waals surface area contributed by atoms with Gasteiger partial charge in [-0.2, -0.15) is 5.26 Å². The molecule has 0 spiro atoms. The Bertz CT molecular complexity index is 1120. The van der Waals surface area contributed by atoms with Crippen LogP contribution in [0.3, 0.4) is 0 Å². The smallest absolute Gasteiger partial charge is 0.266 e. The molecule has 0 bridgehead atoms. The highest BCUT2D eigenvalue weighted by Gasteiger charge is 2.11. The summed E-state index contributed by atoms with van der Waals surface area (Å²) in [5.41, 5.74) is 3.00. The van der Waals surface area contributed by atoms with Crippen LogP contribution in [0.1, 0.15) is 16.7 Å². The zero-order valence-electron chi connectivity index (χ0n) is 15.1. The molecule has 0 radical (unpaired) electrons. The van der Waals surface area contributed by atoms with Gasteiger partial charge >= 0.3 is 0 Å². The fraction of sp³-hybridized carbons (Fsp3) is 0.0435. The van der Waals surface area contributed by atoms with Crippen molar-refractivity contribution in [1.82, 2.24) is 0 Å². The summed E-state index contributed by atoms with van der Waals surface area (Å²) in [4.78, 5) is 12.3. The maximum Gasteiger partial charge on any atom is 0.266 e. The fourth-order valence-corrected chi connectivity index (χ4v) is 3.37. The molecular formula is C23H15BrClFN2O. The van der Waals surface area contributed by atoms with Crippen molar-refractivity contribution in [3.8, 4) is 6.07 Å². The SMILES string of the molecule is N#C/C(=C\c1ccc(Cc2ccccc2Br)c(Cl)c1)C(=O)Nc1ccc(F)cc1. The van der Waals surface area contributed by atoms with E-state index in [4.69, 9.17) is 11.6 Å². The summed E-state index contributed by atoms with van der Waals surface area (Å²) in [5, 5.41) is 12.5. The van der Waals surface area contributed by atoms with E-state index in [1.165, 1.54) is 30.3 Å². The molecule has 0 fully saturated rings. The Morgan fingerprint density at radius 2 is 1.83 bits per heavy atom. The fourth-order valence-electron chi connectivity index (χ4n) is 2.69. The van der Waals surface area contributed by atoms with E-state index < -0.39 is 11.7 Å². The van der Waals surface area contributed by atoms with Gasteiger partial charge in [-0.3, -0.25) is 4.79 Å². The van der Waals surface area contributed by atoms with Crippen molar-refractivity contribution in [2.45, 2.75) is 6.42 Å². The lowest BCUT2D eigenvalue weighted by Gasteiger charge is -2.08. The molecule has 3 rings (SSSR count). The van der Waals surface area contributed by atoms with Gasteiger partial charge in [-0.25, -0.2) is 4.39 Å². The van der Waals surface area contributed by atoms with Gasteiger partial charge in [0.05, 0.1) is 0 Å². The Labute approximate surface area is 181 Å². The van der Waals surface area contributed by atoms with Crippen LogP contribution < -0.4 is 5.32 Å². The Hall–Kier alpha value is -2.94. The number of rotatable bonds is 5. The van der Waals surface area contributed by atoms with Crippen molar-refractivity contribution >= 4 is 45.2 Å². The quantitative estimate of drug-likeness (QED) is 0.348. The van der Waals surface area contributed by atoms with E-state index in [0.717, 1.165) is 15.6 Å². The van der Waals surface area contributed by atoms with Gasteiger partial charge in [0.2, 0.25) is 0 Å². The third-order valence-electron chi connectivity index (χ3n) is 4.19. The van der Waals surface area contributed by atoms with Gasteiger partial charge in [0.1, 0.15) is 17.5 Å². The monoisotopic (exact) mass is 468 g/mol. The third kappa shape index (κ3) is 5.54. The van der Waals surface area contributed by atoms with Crippen molar-refractivity contribution in [1.29, 1.82) is 5.26 Å². The molecule has 6 heteroatoms. The first-order valence-corrected chi connectivity index (χ1v) is 9.84. The van der Waals surface area contributed by atoms with Gasteiger partial charge in [0.25, 0.3) is 5.91 Å². The predicted octanol–water partition coefficient (Wildman–Crippen LogP) is 6.38. The van der Waals surface area contributed by atoms with E-state index in [9.17, 15) is 14.4 Å². The van der Waals surface area contributed by atoms with Crippen molar-refractivity contribution in [3.05, 3.63) is 104 Å². The second-order valence-corrected chi connectivity index (χ2v) is 7.51. The number of hydrogen-bond acceptors (Lipinski definition) is 2. The molecule has 3 nitrogen and oxygen atoms in total. The van der Waals surface area contributed by atoms with Crippen LogP contribution in [0.5, 0.6) is 0 Å². The number of amides is 1. The highest BCUT2D eigenvalue weighted by molar-refractivity contribution is 9.10. The van der Waals surface area contributed by atoms with E-state index in [1.54, 1.807) is 12.1 Å². The average Bonchev–Trinajstić information content (AvgIpc) is 2.71. The lowest BCUT2D eigenvalue weighted by molar-refractivity contribution is -0.112. The predicted molar refractivity (Wildman–Crippen MR) is 117 cm³/mol. The molecule has 0 atom stereocenters. The topological polar surface area (TPSA) is 52.9 Å². The lowest BCUT2D eigenvalue weighted by atomic mass is 10.0. The number of nitriles is 1.